The monoisotopic (exact) mass is 378 g/mol. The standard InChI is InChI=1S/C19H23FN2O3S/c1-14(2)13-21-19(23)17(12-15-8-4-3-5-9-15)22-26(24,25)18-11-7-6-10-16(18)20/h3-11,14,17,22H,12-13H2,1-2H3,(H,21,23). The molecule has 1 amide bonds. The molecule has 1 unspecified atom stereocenters. The van der Waals surface area contributed by atoms with Gasteiger partial charge in [-0.3, -0.25) is 4.79 Å². The lowest BCUT2D eigenvalue weighted by Crippen LogP contribution is -2.48. The Morgan fingerprint density at radius 1 is 1.04 bits per heavy atom. The summed E-state index contributed by atoms with van der Waals surface area (Å²) in [4.78, 5) is 12.0. The number of hydrogen-bond donors (Lipinski definition) is 2. The molecule has 7 heteroatoms. The lowest BCUT2D eigenvalue weighted by Gasteiger charge is -2.19. The number of carbonyl (C=O) groups is 1. The highest BCUT2D eigenvalue weighted by Crippen LogP contribution is 2.15. The van der Waals surface area contributed by atoms with Crippen molar-refractivity contribution in [3.05, 3.63) is 66.0 Å². The van der Waals surface area contributed by atoms with Crippen LogP contribution in [0.4, 0.5) is 4.39 Å². The van der Waals surface area contributed by atoms with Crippen molar-refractivity contribution in [2.45, 2.75) is 31.2 Å². The zero-order chi connectivity index (χ0) is 19.2. The van der Waals surface area contributed by atoms with Crippen molar-refractivity contribution in [1.29, 1.82) is 0 Å². The van der Waals surface area contributed by atoms with Crippen LogP contribution in [0.1, 0.15) is 19.4 Å². The van der Waals surface area contributed by atoms with E-state index in [1.54, 1.807) is 12.1 Å². The van der Waals surface area contributed by atoms with Crippen LogP contribution in [-0.4, -0.2) is 26.9 Å². The molecule has 2 aromatic carbocycles. The molecule has 0 bridgehead atoms. The molecule has 0 aliphatic carbocycles. The summed E-state index contributed by atoms with van der Waals surface area (Å²) < 4.78 is 41.4. The van der Waals surface area contributed by atoms with Gasteiger partial charge >= 0.3 is 0 Å². The van der Waals surface area contributed by atoms with E-state index in [1.165, 1.54) is 18.2 Å². The molecule has 2 rings (SSSR count). The van der Waals surface area contributed by atoms with Crippen molar-refractivity contribution >= 4 is 15.9 Å². The van der Waals surface area contributed by atoms with Crippen LogP contribution in [0.5, 0.6) is 0 Å². The van der Waals surface area contributed by atoms with Crippen LogP contribution in [0, 0.1) is 11.7 Å². The first-order valence-corrected chi connectivity index (χ1v) is 9.86. The van der Waals surface area contributed by atoms with E-state index in [4.69, 9.17) is 0 Å². The van der Waals surface area contributed by atoms with Gasteiger partial charge in [0.15, 0.2) is 0 Å². The Hall–Kier alpha value is -2.25. The van der Waals surface area contributed by atoms with Gasteiger partial charge < -0.3 is 5.32 Å². The molecule has 0 radical (unpaired) electrons. The van der Waals surface area contributed by atoms with E-state index < -0.39 is 32.7 Å². The minimum Gasteiger partial charge on any atom is -0.354 e. The first kappa shape index (κ1) is 20.1. The Morgan fingerprint density at radius 2 is 1.65 bits per heavy atom. The van der Waals surface area contributed by atoms with Crippen molar-refractivity contribution in [1.82, 2.24) is 10.0 Å². The Morgan fingerprint density at radius 3 is 2.27 bits per heavy atom. The summed E-state index contributed by atoms with van der Waals surface area (Å²) in [6.45, 7) is 4.30. The molecule has 0 spiro atoms. The van der Waals surface area contributed by atoms with Gasteiger partial charge in [0.05, 0.1) is 0 Å². The summed E-state index contributed by atoms with van der Waals surface area (Å²) in [7, 11) is -4.18. The van der Waals surface area contributed by atoms with Crippen LogP contribution in [0.2, 0.25) is 0 Å². The molecule has 0 aliphatic rings. The number of carbonyl (C=O) groups excluding carboxylic acids is 1. The number of nitrogens with one attached hydrogen (secondary N) is 2. The van der Waals surface area contributed by atoms with E-state index in [9.17, 15) is 17.6 Å². The van der Waals surface area contributed by atoms with Gasteiger partial charge in [-0.15, -0.1) is 0 Å². The average Bonchev–Trinajstić information content (AvgIpc) is 2.60. The van der Waals surface area contributed by atoms with Crippen LogP contribution in [0.25, 0.3) is 0 Å². The zero-order valence-corrected chi connectivity index (χ0v) is 15.6. The minimum absolute atomic E-state index is 0.165. The van der Waals surface area contributed by atoms with E-state index in [0.29, 0.717) is 6.54 Å². The molecule has 2 aromatic rings. The third-order valence-corrected chi connectivity index (χ3v) is 5.21. The second-order valence-electron chi connectivity index (χ2n) is 6.43. The predicted molar refractivity (Wildman–Crippen MR) is 98.5 cm³/mol. The van der Waals surface area contributed by atoms with Crippen molar-refractivity contribution in [3.63, 3.8) is 0 Å². The topological polar surface area (TPSA) is 75.3 Å². The normalized spacial score (nSPS) is 12.8. The van der Waals surface area contributed by atoms with Crippen LogP contribution in [-0.2, 0) is 21.2 Å². The van der Waals surface area contributed by atoms with E-state index in [2.05, 4.69) is 10.0 Å². The van der Waals surface area contributed by atoms with E-state index >= 15 is 0 Å². The quantitative estimate of drug-likeness (QED) is 0.741. The zero-order valence-electron chi connectivity index (χ0n) is 14.8. The number of sulfonamides is 1. The summed E-state index contributed by atoms with van der Waals surface area (Å²) >= 11 is 0. The molecule has 0 fully saturated rings. The fraction of sp³-hybridized carbons (Fsp3) is 0.316. The molecule has 26 heavy (non-hydrogen) atoms. The Labute approximate surface area is 153 Å². The first-order valence-electron chi connectivity index (χ1n) is 8.38. The molecular weight excluding hydrogens is 355 g/mol. The average molecular weight is 378 g/mol. The highest BCUT2D eigenvalue weighted by molar-refractivity contribution is 7.89. The summed E-state index contributed by atoms with van der Waals surface area (Å²) in [6, 6.07) is 13.1. The summed E-state index contributed by atoms with van der Waals surface area (Å²) in [5.41, 5.74) is 0.799. The van der Waals surface area contributed by atoms with Gasteiger partial charge in [-0.1, -0.05) is 56.3 Å². The van der Waals surface area contributed by atoms with Crippen LogP contribution < -0.4 is 10.0 Å². The van der Waals surface area contributed by atoms with Crippen LogP contribution >= 0.6 is 0 Å². The van der Waals surface area contributed by atoms with E-state index in [1.807, 2.05) is 32.0 Å². The highest BCUT2D eigenvalue weighted by Gasteiger charge is 2.27. The molecule has 2 N–H and O–H groups in total. The SMILES string of the molecule is CC(C)CNC(=O)C(Cc1ccccc1)NS(=O)(=O)c1ccccc1F. The lowest BCUT2D eigenvalue weighted by atomic mass is 10.1. The summed E-state index contributed by atoms with van der Waals surface area (Å²) in [5, 5.41) is 2.73. The van der Waals surface area contributed by atoms with Crippen molar-refractivity contribution < 1.29 is 17.6 Å². The maximum Gasteiger partial charge on any atom is 0.244 e. The van der Waals surface area contributed by atoms with Gasteiger partial charge in [0, 0.05) is 6.54 Å². The fourth-order valence-electron chi connectivity index (χ4n) is 2.38. The molecular formula is C19H23FN2O3S. The second-order valence-corrected chi connectivity index (χ2v) is 8.12. The van der Waals surface area contributed by atoms with Crippen molar-refractivity contribution in [2.24, 2.45) is 5.92 Å². The Bertz CT molecular complexity index is 839. The van der Waals surface area contributed by atoms with Gasteiger partial charge in [0.1, 0.15) is 16.8 Å². The van der Waals surface area contributed by atoms with Gasteiger partial charge in [-0.05, 0) is 30.0 Å². The number of benzene rings is 2. The third-order valence-electron chi connectivity index (χ3n) is 3.71. The van der Waals surface area contributed by atoms with Gasteiger partial charge in [-0.2, -0.15) is 4.72 Å². The molecule has 0 aliphatic heterocycles. The maximum atomic E-state index is 13.9. The Kier molecular flexibility index (Phi) is 6.88. The molecule has 0 saturated heterocycles. The highest BCUT2D eigenvalue weighted by atomic mass is 32.2. The van der Waals surface area contributed by atoms with Crippen molar-refractivity contribution in [3.8, 4) is 0 Å². The lowest BCUT2D eigenvalue weighted by molar-refractivity contribution is -0.122. The molecule has 1 atom stereocenters. The molecule has 5 nitrogen and oxygen atoms in total. The van der Waals surface area contributed by atoms with Crippen molar-refractivity contribution in [2.75, 3.05) is 6.54 Å². The fourth-order valence-corrected chi connectivity index (χ4v) is 3.65. The summed E-state index contributed by atoms with van der Waals surface area (Å²) in [6.07, 6.45) is 0.165. The minimum atomic E-state index is -4.18. The number of halogens is 1. The van der Waals surface area contributed by atoms with E-state index in [-0.39, 0.29) is 12.3 Å². The Balaban J connectivity index is 2.25. The predicted octanol–water partition coefficient (Wildman–Crippen LogP) is 2.49. The molecule has 0 aromatic heterocycles. The molecule has 0 saturated carbocycles. The molecule has 0 heterocycles. The smallest absolute Gasteiger partial charge is 0.244 e. The van der Waals surface area contributed by atoms with Crippen LogP contribution in [0.15, 0.2) is 59.5 Å². The number of hydrogen-bond acceptors (Lipinski definition) is 3. The molecule has 140 valence electrons. The van der Waals surface area contributed by atoms with Crippen LogP contribution in [0.3, 0.4) is 0 Å². The number of amides is 1. The van der Waals surface area contributed by atoms with Gasteiger partial charge in [-0.25, -0.2) is 12.8 Å². The third kappa shape index (κ3) is 5.64. The first-order chi connectivity index (χ1) is 12.3. The van der Waals surface area contributed by atoms with Gasteiger partial charge in [0.25, 0.3) is 0 Å². The maximum absolute atomic E-state index is 13.9. The van der Waals surface area contributed by atoms with Gasteiger partial charge in [0.2, 0.25) is 15.9 Å². The summed E-state index contributed by atoms with van der Waals surface area (Å²) in [5.74, 6) is -1.08. The number of rotatable bonds is 8. The second kappa shape index (κ2) is 8.91. The largest absolute Gasteiger partial charge is 0.354 e. The van der Waals surface area contributed by atoms with E-state index in [0.717, 1.165) is 11.6 Å².